The number of allylic oxidation sites excluding steroid dienone is 1. The first-order valence-electron chi connectivity index (χ1n) is 7.69. The summed E-state index contributed by atoms with van der Waals surface area (Å²) in [6, 6.07) is 0. The highest BCUT2D eigenvalue weighted by Gasteiger charge is 2.65. The number of ether oxygens (including phenoxy) is 1. The average Bonchev–Trinajstić information content (AvgIpc) is 2.67. The molecule has 0 unspecified atom stereocenters. The van der Waals surface area contributed by atoms with Gasteiger partial charge in [0.2, 0.25) is 0 Å². The summed E-state index contributed by atoms with van der Waals surface area (Å²) in [5.74, 6) is 1.13. The molecule has 20 heavy (non-hydrogen) atoms. The fourth-order valence-electron chi connectivity index (χ4n) is 5.30. The first-order valence-corrected chi connectivity index (χ1v) is 7.69. The highest BCUT2D eigenvalue weighted by molar-refractivity contribution is 6.01. The van der Waals surface area contributed by atoms with Gasteiger partial charge in [0.05, 0.1) is 0 Å². The molecule has 110 valence electrons. The predicted octanol–water partition coefficient (Wildman–Crippen LogP) is 3.28. The third kappa shape index (κ3) is 1.52. The number of esters is 1. The van der Waals surface area contributed by atoms with Gasteiger partial charge in [-0.1, -0.05) is 26.3 Å². The van der Waals surface area contributed by atoms with Gasteiger partial charge in [-0.05, 0) is 36.5 Å². The zero-order chi connectivity index (χ0) is 14.7. The van der Waals surface area contributed by atoms with Crippen molar-refractivity contribution in [3.63, 3.8) is 0 Å². The Morgan fingerprint density at radius 3 is 2.70 bits per heavy atom. The number of hydrogen-bond donors (Lipinski definition) is 0. The second-order valence-corrected chi connectivity index (χ2v) is 7.41. The summed E-state index contributed by atoms with van der Waals surface area (Å²) in [5, 5.41) is 0. The normalized spacial score (nSPS) is 38.1. The van der Waals surface area contributed by atoms with Crippen LogP contribution in [0.2, 0.25) is 0 Å². The Morgan fingerprint density at radius 1 is 1.35 bits per heavy atom. The van der Waals surface area contributed by atoms with Crippen LogP contribution in [0.5, 0.6) is 0 Å². The smallest absolute Gasteiger partial charge is 0.302 e. The third-order valence-corrected chi connectivity index (χ3v) is 6.51. The quantitative estimate of drug-likeness (QED) is 0.727. The van der Waals surface area contributed by atoms with E-state index in [1.807, 2.05) is 0 Å². The van der Waals surface area contributed by atoms with Gasteiger partial charge in [-0.25, -0.2) is 0 Å². The molecule has 3 nitrogen and oxygen atoms in total. The van der Waals surface area contributed by atoms with Crippen molar-refractivity contribution in [3.8, 4) is 0 Å². The van der Waals surface area contributed by atoms with E-state index >= 15 is 0 Å². The molecule has 3 atom stereocenters. The lowest BCUT2D eigenvalue weighted by Gasteiger charge is -2.51. The fraction of sp³-hybridized carbons (Fsp3) is 0.765. The van der Waals surface area contributed by atoms with Crippen LogP contribution >= 0.6 is 0 Å². The predicted molar refractivity (Wildman–Crippen MR) is 76.0 cm³/mol. The second-order valence-electron chi connectivity index (χ2n) is 7.41. The molecule has 3 aliphatic rings. The van der Waals surface area contributed by atoms with Gasteiger partial charge in [0.25, 0.3) is 0 Å². The highest BCUT2D eigenvalue weighted by atomic mass is 16.5. The lowest BCUT2D eigenvalue weighted by molar-refractivity contribution is -0.140. The number of carbonyl (C=O) groups is 2. The van der Waals surface area contributed by atoms with E-state index in [0.29, 0.717) is 18.3 Å². The van der Waals surface area contributed by atoms with Crippen molar-refractivity contribution in [1.29, 1.82) is 0 Å². The van der Waals surface area contributed by atoms with Crippen molar-refractivity contribution < 1.29 is 14.3 Å². The molecule has 0 aromatic heterocycles. The summed E-state index contributed by atoms with van der Waals surface area (Å²) in [7, 11) is 0. The molecule has 2 saturated carbocycles. The molecule has 0 aliphatic heterocycles. The van der Waals surface area contributed by atoms with E-state index in [-0.39, 0.29) is 29.2 Å². The van der Waals surface area contributed by atoms with E-state index < -0.39 is 0 Å². The van der Waals surface area contributed by atoms with Crippen molar-refractivity contribution in [2.75, 3.05) is 6.61 Å². The lowest BCUT2D eigenvalue weighted by Crippen LogP contribution is -2.45. The Hall–Kier alpha value is -1.12. The Morgan fingerprint density at radius 2 is 2.05 bits per heavy atom. The van der Waals surface area contributed by atoms with Crippen molar-refractivity contribution >= 4 is 11.8 Å². The SMILES string of the molecule is CC(=O)OCC1=C2C[C@H]3CC[C@@H](C)[C@]2(CC1=O)C3(C)C. The molecular weight excluding hydrogens is 252 g/mol. The van der Waals surface area contributed by atoms with Gasteiger partial charge < -0.3 is 4.74 Å². The first-order chi connectivity index (χ1) is 9.30. The Labute approximate surface area is 120 Å². The molecule has 0 aromatic rings. The molecule has 3 rings (SSSR count). The second kappa shape index (κ2) is 4.19. The molecule has 0 N–H and O–H groups in total. The number of fused-ring (bicyclic) bond motifs is 1. The molecule has 0 heterocycles. The van der Waals surface area contributed by atoms with E-state index in [0.717, 1.165) is 12.0 Å². The minimum Gasteiger partial charge on any atom is -0.461 e. The van der Waals surface area contributed by atoms with E-state index in [1.54, 1.807) is 0 Å². The largest absolute Gasteiger partial charge is 0.461 e. The monoisotopic (exact) mass is 276 g/mol. The van der Waals surface area contributed by atoms with Crippen LogP contribution in [-0.4, -0.2) is 18.4 Å². The summed E-state index contributed by atoms with van der Waals surface area (Å²) in [6.45, 7) is 8.55. The van der Waals surface area contributed by atoms with Gasteiger partial charge >= 0.3 is 5.97 Å². The van der Waals surface area contributed by atoms with Gasteiger partial charge in [-0.2, -0.15) is 0 Å². The summed E-state index contributed by atoms with van der Waals surface area (Å²) >= 11 is 0. The number of Topliss-reactive ketones (excluding diaryl/α,β-unsaturated/α-hetero) is 1. The maximum absolute atomic E-state index is 12.5. The summed E-state index contributed by atoms with van der Waals surface area (Å²) in [4.78, 5) is 23.5. The molecule has 3 heteroatoms. The number of carbonyl (C=O) groups excluding carboxylic acids is 2. The molecule has 0 saturated heterocycles. The van der Waals surface area contributed by atoms with E-state index in [9.17, 15) is 9.59 Å². The van der Waals surface area contributed by atoms with Crippen molar-refractivity contribution in [1.82, 2.24) is 0 Å². The van der Waals surface area contributed by atoms with E-state index in [4.69, 9.17) is 4.74 Å². The lowest BCUT2D eigenvalue weighted by atomic mass is 9.53. The summed E-state index contributed by atoms with van der Waals surface area (Å²) in [5.41, 5.74) is 2.35. The first kappa shape index (κ1) is 13.8. The Balaban J connectivity index is 2.06. The molecule has 2 bridgehead atoms. The molecule has 0 aromatic carbocycles. The molecule has 3 aliphatic carbocycles. The molecule has 1 spiro atoms. The molecular formula is C17H24O3. The van der Waals surface area contributed by atoms with Crippen LogP contribution in [0.1, 0.15) is 53.4 Å². The van der Waals surface area contributed by atoms with E-state index in [2.05, 4.69) is 20.8 Å². The fourth-order valence-corrected chi connectivity index (χ4v) is 5.30. The van der Waals surface area contributed by atoms with Crippen LogP contribution in [0.3, 0.4) is 0 Å². The van der Waals surface area contributed by atoms with Gasteiger partial charge in [-0.3, -0.25) is 9.59 Å². The molecule has 2 fully saturated rings. The summed E-state index contributed by atoms with van der Waals surface area (Å²) < 4.78 is 5.14. The minimum absolute atomic E-state index is 0.0302. The van der Waals surface area contributed by atoms with Crippen molar-refractivity contribution in [2.45, 2.75) is 53.4 Å². The number of ketones is 1. The number of hydrogen-bond acceptors (Lipinski definition) is 3. The van der Waals surface area contributed by atoms with Crippen LogP contribution in [0.15, 0.2) is 11.1 Å². The third-order valence-electron chi connectivity index (χ3n) is 6.51. The van der Waals surface area contributed by atoms with E-state index in [1.165, 1.54) is 25.3 Å². The van der Waals surface area contributed by atoms with Crippen LogP contribution in [0, 0.1) is 22.7 Å². The maximum atomic E-state index is 12.5. The van der Waals surface area contributed by atoms with Gasteiger partial charge in [0.1, 0.15) is 6.61 Å². The van der Waals surface area contributed by atoms with Crippen molar-refractivity contribution in [3.05, 3.63) is 11.1 Å². The van der Waals surface area contributed by atoms with Crippen LogP contribution in [0.4, 0.5) is 0 Å². The van der Waals surface area contributed by atoms with Gasteiger partial charge in [-0.15, -0.1) is 0 Å². The Bertz CT molecular complexity index is 514. The van der Waals surface area contributed by atoms with Gasteiger partial charge in [0.15, 0.2) is 5.78 Å². The zero-order valence-electron chi connectivity index (χ0n) is 12.9. The average molecular weight is 276 g/mol. The maximum Gasteiger partial charge on any atom is 0.302 e. The zero-order valence-corrected chi connectivity index (χ0v) is 12.9. The topological polar surface area (TPSA) is 43.4 Å². The minimum atomic E-state index is -0.305. The molecule has 0 radical (unpaired) electrons. The number of rotatable bonds is 2. The summed E-state index contributed by atoms with van der Waals surface area (Å²) in [6.07, 6.45) is 4.13. The Kier molecular flexibility index (Phi) is 2.90. The van der Waals surface area contributed by atoms with Crippen LogP contribution in [0.25, 0.3) is 0 Å². The standard InChI is InChI=1S/C17H24O3/c1-10-5-6-12-7-14-13(9-20-11(2)18)15(19)8-17(10,14)16(12,3)4/h10,12H,5-9H2,1-4H3/t10-,12-,17+/m1/s1. The van der Waals surface area contributed by atoms with Crippen LogP contribution in [-0.2, 0) is 14.3 Å². The van der Waals surface area contributed by atoms with Crippen molar-refractivity contribution in [2.24, 2.45) is 22.7 Å². The highest BCUT2D eigenvalue weighted by Crippen LogP contribution is 2.71. The van der Waals surface area contributed by atoms with Crippen LogP contribution < -0.4 is 0 Å². The van der Waals surface area contributed by atoms with Gasteiger partial charge in [0, 0.05) is 24.3 Å². The molecule has 0 amide bonds.